The van der Waals surface area contributed by atoms with Crippen LogP contribution in [-0.4, -0.2) is 9.97 Å². The lowest BCUT2D eigenvalue weighted by Crippen LogP contribution is -2.06. The quantitative estimate of drug-likeness (QED) is 0.692. The maximum atomic E-state index is 11.3. The molecule has 3 rings (SSSR count). The maximum Gasteiger partial charge on any atom is 0.323 e. The average molecular weight is 322 g/mol. The maximum absolute atomic E-state index is 11.3. The normalized spacial score (nSPS) is 12.7. The molecule has 1 unspecified atom stereocenters. The summed E-state index contributed by atoms with van der Waals surface area (Å²) < 4.78 is 6.24. The average Bonchev–Trinajstić information content (AvgIpc) is 2.97. The summed E-state index contributed by atoms with van der Waals surface area (Å²) >= 11 is 3.49. The lowest BCUT2D eigenvalue weighted by molar-refractivity contribution is 0.490. The summed E-state index contributed by atoms with van der Waals surface area (Å²) in [5, 5.41) is 3.34. The third kappa shape index (κ3) is 2.31. The van der Waals surface area contributed by atoms with Crippen molar-refractivity contribution in [1.29, 1.82) is 0 Å². The zero-order valence-electron chi connectivity index (χ0n) is 10.2. The van der Waals surface area contributed by atoms with E-state index in [2.05, 4.69) is 31.2 Å². The molecule has 2 heterocycles. The Kier molecular flexibility index (Phi) is 2.94. The van der Waals surface area contributed by atoms with Crippen LogP contribution in [0.3, 0.4) is 0 Å². The van der Waals surface area contributed by atoms with Gasteiger partial charge < -0.3 is 19.7 Å². The van der Waals surface area contributed by atoms with Crippen molar-refractivity contribution >= 4 is 32.7 Å². The topological polar surface area (TPSA) is 73.8 Å². The van der Waals surface area contributed by atoms with Crippen molar-refractivity contribution in [2.75, 3.05) is 5.32 Å². The Morgan fingerprint density at radius 1 is 1.32 bits per heavy atom. The summed E-state index contributed by atoms with van der Waals surface area (Å²) in [6.07, 6.45) is 1.65. The molecular formula is C13H12BrN3O2. The molecule has 0 spiro atoms. The highest BCUT2D eigenvalue weighted by Gasteiger charge is 2.11. The Balaban J connectivity index is 1.96. The minimum Gasteiger partial charge on any atom is -0.467 e. The first-order valence-electron chi connectivity index (χ1n) is 5.85. The molecule has 0 bridgehead atoms. The number of hydrogen-bond acceptors (Lipinski definition) is 3. The van der Waals surface area contributed by atoms with Crippen molar-refractivity contribution in [3.05, 3.63) is 51.2 Å². The summed E-state index contributed by atoms with van der Waals surface area (Å²) in [5.41, 5.74) is 2.22. The molecule has 2 aromatic heterocycles. The molecule has 1 atom stereocenters. The van der Waals surface area contributed by atoms with Gasteiger partial charge in [-0.2, -0.15) is 0 Å². The van der Waals surface area contributed by atoms with Crippen molar-refractivity contribution in [3.8, 4) is 0 Å². The second kappa shape index (κ2) is 4.62. The Morgan fingerprint density at radius 2 is 2.05 bits per heavy atom. The fourth-order valence-electron chi connectivity index (χ4n) is 2.01. The fourth-order valence-corrected chi connectivity index (χ4v) is 2.47. The van der Waals surface area contributed by atoms with Crippen LogP contribution in [0.4, 0.5) is 5.69 Å². The molecule has 5 nitrogen and oxygen atoms in total. The minimum atomic E-state index is -0.210. The van der Waals surface area contributed by atoms with Gasteiger partial charge in [-0.05, 0) is 47.1 Å². The number of aromatic amines is 2. The van der Waals surface area contributed by atoms with Gasteiger partial charge in [0.2, 0.25) is 0 Å². The summed E-state index contributed by atoms with van der Waals surface area (Å²) in [4.78, 5) is 16.7. The van der Waals surface area contributed by atoms with E-state index in [9.17, 15) is 4.79 Å². The van der Waals surface area contributed by atoms with E-state index in [-0.39, 0.29) is 11.7 Å². The van der Waals surface area contributed by atoms with Gasteiger partial charge in [-0.3, -0.25) is 0 Å². The molecule has 6 heteroatoms. The molecule has 0 saturated carbocycles. The predicted octanol–water partition coefficient (Wildman–Crippen LogP) is 3.38. The van der Waals surface area contributed by atoms with Gasteiger partial charge in [0, 0.05) is 4.47 Å². The highest BCUT2D eigenvalue weighted by Crippen LogP contribution is 2.29. The van der Waals surface area contributed by atoms with E-state index in [1.165, 1.54) is 0 Å². The Morgan fingerprint density at radius 3 is 2.74 bits per heavy atom. The monoisotopic (exact) mass is 321 g/mol. The number of rotatable bonds is 3. The molecule has 3 N–H and O–H groups in total. The van der Waals surface area contributed by atoms with Crippen molar-refractivity contribution in [3.63, 3.8) is 0 Å². The Labute approximate surface area is 117 Å². The largest absolute Gasteiger partial charge is 0.467 e. The van der Waals surface area contributed by atoms with Gasteiger partial charge in [-0.1, -0.05) is 0 Å². The van der Waals surface area contributed by atoms with Crippen LogP contribution in [0.15, 0.2) is 44.2 Å². The molecule has 98 valence electrons. The lowest BCUT2D eigenvalue weighted by Gasteiger charge is -2.14. The second-order valence-electron chi connectivity index (χ2n) is 4.34. The standard InChI is InChI=1S/C13H12BrN3O2/c1-7(12-3-2-4-19-12)15-9-6-11-10(5-8(9)14)16-13(18)17-11/h2-7,15H,1H3,(H2,16,17,18). The SMILES string of the molecule is CC(Nc1cc2[nH]c(=O)[nH]c2cc1Br)c1ccco1. The van der Waals surface area contributed by atoms with Crippen molar-refractivity contribution in [2.24, 2.45) is 0 Å². The van der Waals surface area contributed by atoms with E-state index >= 15 is 0 Å². The highest BCUT2D eigenvalue weighted by atomic mass is 79.9. The zero-order valence-corrected chi connectivity index (χ0v) is 11.7. The number of hydrogen-bond donors (Lipinski definition) is 3. The number of imidazole rings is 1. The van der Waals surface area contributed by atoms with Crippen molar-refractivity contribution in [1.82, 2.24) is 9.97 Å². The first kappa shape index (κ1) is 12.1. The van der Waals surface area contributed by atoms with E-state index in [0.29, 0.717) is 0 Å². The van der Waals surface area contributed by atoms with Crippen LogP contribution in [0.25, 0.3) is 11.0 Å². The lowest BCUT2D eigenvalue weighted by atomic mass is 10.2. The first-order chi connectivity index (χ1) is 9.13. The molecular weight excluding hydrogens is 310 g/mol. The van der Waals surface area contributed by atoms with Crippen molar-refractivity contribution in [2.45, 2.75) is 13.0 Å². The van der Waals surface area contributed by atoms with Crippen LogP contribution in [0, 0.1) is 0 Å². The molecule has 0 aliphatic rings. The minimum absolute atomic E-state index is 0.0365. The summed E-state index contributed by atoms with van der Waals surface area (Å²) in [5.74, 6) is 0.856. The molecule has 19 heavy (non-hydrogen) atoms. The summed E-state index contributed by atoms with van der Waals surface area (Å²) in [7, 11) is 0. The van der Waals surface area contributed by atoms with Crippen molar-refractivity contribution < 1.29 is 4.42 Å². The molecule has 0 aliphatic carbocycles. The Bertz CT molecular complexity index is 758. The number of anilines is 1. The zero-order chi connectivity index (χ0) is 13.4. The van der Waals surface area contributed by atoms with Gasteiger partial charge >= 0.3 is 5.69 Å². The highest BCUT2D eigenvalue weighted by molar-refractivity contribution is 9.10. The van der Waals surface area contributed by atoms with Crippen LogP contribution in [0.2, 0.25) is 0 Å². The van der Waals surface area contributed by atoms with Crippen LogP contribution in [-0.2, 0) is 0 Å². The number of furan rings is 1. The number of H-pyrrole nitrogens is 2. The van der Waals surface area contributed by atoms with Crippen LogP contribution < -0.4 is 11.0 Å². The molecule has 0 fully saturated rings. The van der Waals surface area contributed by atoms with E-state index in [0.717, 1.165) is 27.0 Å². The van der Waals surface area contributed by atoms with Crippen LogP contribution in [0.5, 0.6) is 0 Å². The molecule has 0 radical (unpaired) electrons. The first-order valence-corrected chi connectivity index (χ1v) is 6.64. The molecule has 1 aromatic carbocycles. The van der Waals surface area contributed by atoms with Gasteiger partial charge in [-0.15, -0.1) is 0 Å². The smallest absolute Gasteiger partial charge is 0.323 e. The number of fused-ring (bicyclic) bond motifs is 1. The third-order valence-corrected chi connectivity index (χ3v) is 3.60. The van der Waals surface area contributed by atoms with Gasteiger partial charge in [0.25, 0.3) is 0 Å². The van der Waals surface area contributed by atoms with E-state index in [1.54, 1.807) is 6.26 Å². The van der Waals surface area contributed by atoms with Gasteiger partial charge in [0.15, 0.2) is 0 Å². The predicted molar refractivity (Wildman–Crippen MR) is 77.4 cm³/mol. The second-order valence-corrected chi connectivity index (χ2v) is 5.19. The number of benzene rings is 1. The number of nitrogens with one attached hydrogen (secondary N) is 3. The molecule has 0 saturated heterocycles. The number of aromatic nitrogens is 2. The fraction of sp³-hybridized carbons (Fsp3) is 0.154. The summed E-state index contributed by atoms with van der Waals surface area (Å²) in [6.45, 7) is 2.01. The molecule has 0 aliphatic heterocycles. The van der Waals surface area contributed by atoms with E-state index in [1.807, 2.05) is 31.2 Å². The van der Waals surface area contributed by atoms with Gasteiger partial charge in [0.1, 0.15) is 5.76 Å². The van der Waals surface area contributed by atoms with Crippen LogP contribution in [0.1, 0.15) is 18.7 Å². The van der Waals surface area contributed by atoms with Gasteiger partial charge in [-0.25, -0.2) is 4.79 Å². The van der Waals surface area contributed by atoms with Gasteiger partial charge in [0.05, 0.1) is 29.0 Å². The Hall–Kier alpha value is -1.95. The number of halogens is 1. The molecule has 3 aromatic rings. The molecule has 0 amide bonds. The summed E-state index contributed by atoms with van der Waals surface area (Å²) in [6, 6.07) is 7.56. The van der Waals surface area contributed by atoms with E-state index < -0.39 is 0 Å². The van der Waals surface area contributed by atoms with E-state index in [4.69, 9.17) is 4.42 Å². The van der Waals surface area contributed by atoms with Crippen LogP contribution >= 0.6 is 15.9 Å². The third-order valence-electron chi connectivity index (χ3n) is 2.95.